The van der Waals surface area contributed by atoms with Crippen molar-refractivity contribution in [1.29, 1.82) is 0 Å². The van der Waals surface area contributed by atoms with Crippen LogP contribution in [0.2, 0.25) is 0 Å². The SMILES string of the molecule is CCN(c1ccccc1F)c1nc(C)cc(C)c1C(N)=S. The number of thiocarbonyl (C=S) groups is 1. The molecule has 1 aromatic carbocycles. The summed E-state index contributed by atoms with van der Waals surface area (Å²) in [4.78, 5) is 6.60. The predicted octanol–water partition coefficient (Wildman–Crippen LogP) is 3.63. The van der Waals surface area contributed by atoms with Gasteiger partial charge in [-0.05, 0) is 44.5 Å². The maximum Gasteiger partial charge on any atom is 0.146 e. The number of hydrogen-bond acceptors (Lipinski definition) is 3. The number of halogens is 1. The van der Waals surface area contributed by atoms with Gasteiger partial charge in [0.15, 0.2) is 0 Å². The van der Waals surface area contributed by atoms with E-state index in [-0.39, 0.29) is 10.8 Å². The Morgan fingerprint density at radius 2 is 2.00 bits per heavy atom. The second kappa shape index (κ2) is 6.18. The van der Waals surface area contributed by atoms with E-state index in [1.54, 1.807) is 23.1 Å². The maximum absolute atomic E-state index is 14.1. The second-order valence-electron chi connectivity index (χ2n) is 4.84. The van der Waals surface area contributed by atoms with Gasteiger partial charge in [-0.3, -0.25) is 0 Å². The Labute approximate surface area is 129 Å². The van der Waals surface area contributed by atoms with Gasteiger partial charge in [-0.1, -0.05) is 24.4 Å². The van der Waals surface area contributed by atoms with Gasteiger partial charge < -0.3 is 10.6 Å². The molecular formula is C16H18FN3S. The number of pyridine rings is 1. The van der Waals surface area contributed by atoms with Crippen molar-refractivity contribution >= 4 is 28.7 Å². The predicted molar refractivity (Wildman–Crippen MR) is 88.7 cm³/mol. The normalized spacial score (nSPS) is 10.5. The lowest BCUT2D eigenvalue weighted by Crippen LogP contribution is -2.24. The highest BCUT2D eigenvalue weighted by Crippen LogP contribution is 2.30. The molecule has 5 heteroatoms. The lowest BCUT2D eigenvalue weighted by Gasteiger charge is -2.26. The topological polar surface area (TPSA) is 42.2 Å². The van der Waals surface area contributed by atoms with E-state index in [1.165, 1.54) is 6.07 Å². The first kappa shape index (κ1) is 15.4. The standard InChI is InChI=1S/C16H18FN3S/c1-4-20(13-8-6-5-7-12(13)17)16-14(15(18)21)10(2)9-11(3)19-16/h5-9H,4H2,1-3H3,(H2,18,21). The summed E-state index contributed by atoms with van der Waals surface area (Å²) in [6.07, 6.45) is 0. The molecule has 1 heterocycles. The third-order valence-corrected chi connectivity index (χ3v) is 3.49. The van der Waals surface area contributed by atoms with E-state index in [4.69, 9.17) is 18.0 Å². The number of anilines is 2. The smallest absolute Gasteiger partial charge is 0.146 e. The van der Waals surface area contributed by atoms with Crippen LogP contribution in [0.1, 0.15) is 23.7 Å². The summed E-state index contributed by atoms with van der Waals surface area (Å²) in [5, 5.41) is 0. The van der Waals surface area contributed by atoms with Crippen molar-refractivity contribution in [2.75, 3.05) is 11.4 Å². The first-order valence-electron chi connectivity index (χ1n) is 6.75. The van der Waals surface area contributed by atoms with Gasteiger partial charge in [0, 0.05) is 12.2 Å². The van der Waals surface area contributed by atoms with Crippen molar-refractivity contribution in [2.45, 2.75) is 20.8 Å². The summed E-state index contributed by atoms with van der Waals surface area (Å²) >= 11 is 5.15. The molecule has 0 amide bonds. The van der Waals surface area contributed by atoms with E-state index in [2.05, 4.69) is 4.98 Å². The number of aromatic nitrogens is 1. The first-order chi connectivity index (χ1) is 9.95. The Balaban J connectivity index is 2.68. The number of para-hydroxylation sites is 1. The molecule has 0 bridgehead atoms. The summed E-state index contributed by atoms with van der Waals surface area (Å²) in [7, 11) is 0. The van der Waals surface area contributed by atoms with Crippen LogP contribution in [0, 0.1) is 19.7 Å². The Hall–Kier alpha value is -2.01. The van der Waals surface area contributed by atoms with Gasteiger partial charge in [-0.15, -0.1) is 0 Å². The molecule has 21 heavy (non-hydrogen) atoms. The van der Waals surface area contributed by atoms with Crippen LogP contribution in [0.3, 0.4) is 0 Å². The number of nitrogens with two attached hydrogens (primary N) is 1. The van der Waals surface area contributed by atoms with Crippen LogP contribution in [-0.2, 0) is 0 Å². The molecule has 0 spiro atoms. The van der Waals surface area contributed by atoms with Gasteiger partial charge in [-0.2, -0.15) is 0 Å². The van der Waals surface area contributed by atoms with E-state index in [0.29, 0.717) is 23.6 Å². The molecule has 0 aliphatic rings. The van der Waals surface area contributed by atoms with Crippen LogP contribution in [0.4, 0.5) is 15.9 Å². The third-order valence-electron chi connectivity index (χ3n) is 3.29. The van der Waals surface area contributed by atoms with Crippen LogP contribution in [0.5, 0.6) is 0 Å². The molecule has 2 N–H and O–H groups in total. The van der Waals surface area contributed by atoms with Crippen LogP contribution >= 0.6 is 12.2 Å². The summed E-state index contributed by atoms with van der Waals surface area (Å²) in [6, 6.07) is 8.54. The van der Waals surface area contributed by atoms with Gasteiger partial charge in [0.2, 0.25) is 0 Å². The van der Waals surface area contributed by atoms with E-state index in [0.717, 1.165) is 11.3 Å². The summed E-state index contributed by atoms with van der Waals surface area (Å²) in [5.41, 5.74) is 8.80. The largest absolute Gasteiger partial charge is 0.389 e. The van der Waals surface area contributed by atoms with Crippen LogP contribution < -0.4 is 10.6 Å². The van der Waals surface area contributed by atoms with Crippen LogP contribution in [0.25, 0.3) is 0 Å². The quantitative estimate of drug-likeness (QED) is 0.876. The highest BCUT2D eigenvalue weighted by Gasteiger charge is 2.20. The van der Waals surface area contributed by atoms with Crippen LogP contribution in [0.15, 0.2) is 30.3 Å². The van der Waals surface area contributed by atoms with Gasteiger partial charge in [0.1, 0.15) is 16.6 Å². The number of aryl methyl sites for hydroxylation is 2. The monoisotopic (exact) mass is 303 g/mol. The number of rotatable bonds is 4. The van der Waals surface area contributed by atoms with E-state index in [9.17, 15) is 4.39 Å². The van der Waals surface area contributed by atoms with Gasteiger partial charge >= 0.3 is 0 Å². The zero-order valence-corrected chi connectivity index (χ0v) is 13.2. The summed E-state index contributed by atoms with van der Waals surface area (Å²) in [5.74, 6) is 0.307. The maximum atomic E-state index is 14.1. The molecule has 0 radical (unpaired) electrons. The zero-order chi connectivity index (χ0) is 15.6. The Bertz CT molecular complexity index is 685. The third kappa shape index (κ3) is 3.03. The Kier molecular flexibility index (Phi) is 4.53. The van der Waals surface area contributed by atoms with Crippen molar-refractivity contribution in [1.82, 2.24) is 4.98 Å². The Morgan fingerprint density at radius 3 is 2.57 bits per heavy atom. The fraction of sp³-hybridized carbons (Fsp3) is 0.250. The molecule has 0 saturated carbocycles. The van der Waals surface area contributed by atoms with E-state index in [1.807, 2.05) is 26.8 Å². The number of hydrogen-bond donors (Lipinski definition) is 1. The molecule has 1 aromatic heterocycles. The molecule has 0 aliphatic carbocycles. The molecule has 0 saturated heterocycles. The average Bonchev–Trinajstić information content (AvgIpc) is 2.40. The van der Waals surface area contributed by atoms with Crippen molar-refractivity contribution < 1.29 is 4.39 Å². The van der Waals surface area contributed by atoms with Crippen molar-refractivity contribution in [3.63, 3.8) is 0 Å². The molecule has 0 unspecified atom stereocenters. The lowest BCUT2D eigenvalue weighted by molar-refractivity contribution is 0.625. The molecular weight excluding hydrogens is 285 g/mol. The van der Waals surface area contributed by atoms with Crippen LogP contribution in [-0.4, -0.2) is 16.5 Å². The van der Waals surface area contributed by atoms with Gasteiger partial charge in [0.05, 0.1) is 11.3 Å². The van der Waals surface area contributed by atoms with Crippen molar-refractivity contribution in [3.05, 3.63) is 53.0 Å². The highest BCUT2D eigenvalue weighted by molar-refractivity contribution is 7.80. The lowest BCUT2D eigenvalue weighted by atomic mass is 10.1. The molecule has 3 nitrogen and oxygen atoms in total. The minimum absolute atomic E-state index is 0.268. The van der Waals surface area contributed by atoms with Crippen molar-refractivity contribution in [3.8, 4) is 0 Å². The molecule has 0 fully saturated rings. The second-order valence-corrected chi connectivity index (χ2v) is 5.28. The molecule has 0 aliphatic heterocycles. The fourth-order valence-electron chi connectivity index (χ4n) is 2.42. The molecule has 110 valence electrons. The van der Waals surface area contributed by atoms with E-state index < -0.39 is 0 Å². The number of benzene rings is 1. The average molecular weight is 303 g/mol. The molecule has 2 rings (SSSR count). The van der Waals surface area contributed by atoms with Crippen molar-refractivity contribution in [2.24, 2.45) is 5.73 Å². The number of nitrogens with zero attached hydrogens (tertiary/aromatic N) is 2. The minimum Gasteiger partial charge on any atom is -0.389 e. The minimum atomic E-state index is -0.297. The van der Waals surface area contributed by atoms with E-state index >= 15 is 0 Å². The summed E-state index contributed by atoms with van der Waals surface area (Å²) < 4.78 is 14.1. The highest BCUT2D eigenvalue weighted by atomic mass is 32.1. The zero-order valence-electron chi connectivity index (χ0n) is 12.4. The van der Waals surface area contributed by atoms with Gasteiger partial charge in [0.25, 0.3) is 0 Å². The molecule has 0 atom stereocenters. The molecule has 2 aromatic rings. The Morgan fingerprint density at radius 1 is 1.33 bits per heavy atom. The first-order valence-corrected chi connectivity index (χ1v) is 7.16. The fourth-order valence-corrected chi connectivity index (χ4v) is 2.67. The van der Waals surface area contributed by atoms with Gasteiger partial charge in [-0.25, -0.2) is 9.37 Å². The summed E-state index contributed by atoms with van der Waals surface area (Å²) in [6.45, 7) is 6.33.